The van der Waals surface area contributed by atoms with E-state index in [1.165, 1.54) is 65.7 Å². The highest BCUT2D eigenvalue weighted by Crippen LogP contribution is 2.32. The van der Waals surface area contributed by atoms with Crippen molar-refractivity contribution in [2.45, 2.75) is 13.5 Å². The van der Waals surface area contributed by atoms with Gasteiger partial charge in [0.25, 0.3) is 0 Å². The number of hydrogen-bond donors (Lipinski definition) is 0. The summed E-state index contributed by atoms with van der Waals surface area (Å²) in [5, 5.41) is 8.77. The molecule has 13 heteroatoms. The maximum atomic E-state index is 15.1. The molecule has 4 aromatic heterocycles. The van der Waals surface area contributed by atoms with Gasteiger partial charge in [-0.05, 0) is 90.5 Å². The van der Waals surface area contributed by atoms with Crippen molar-refractivity contribution in [2.24, 2.45) is 0 Å². The molecule has 59 heavy (non-hydrogen) atoms. The van der Waals surface area contributed by atoms with Crippen LogP contribution in [0.5, 0.6) is 0 Å². The minimum Gasteiger partial charge on any atom is -0.463 e. The summed E-state index contributed by atoms with van der Waals surface area (Å²) < 4.78 is 70.3. The van der Waals surface area contributed by atoms with Crippen LogP contribution in [0.1, 0.15) is 22.8 Å². The first-order chi connectivity index (χ1) is 28.8. The standard InChI is InChI=1S/C26H26F2N4O.C20H12F2N2O2/c1-2-30-11-13-31(14-12-30)18-20-17-29-32(26(20)25-4-3-15-33-25)22-9-10-23(24(28)16-22)19-5-7-21(27)8-6-19;21-15-5-3-13(4-6-15)17-8-7-16(10-18(17)22)24-20(14(12-25)11-23-24)19-2-1-9-26-19/h3-10,15-17H,2,11-14,18H2,1H3;1-12H. The lowest BCUT2D eigenvalue weighted by Crippen LogP contribution is -2.45. The minimum atomic E-state index is -0.484. The third-order valence-electron chi connectivity index (χ3n) is 10.3. The number of piperazine rings is 1. The number of rotatable bonds is 10. The smallest absolute Gasteiger partial charge is 0.153 e. The largest absolute Gasteiger partial charge is 0.463 e. The zero-order valence-corrected chi connectivity index (χ0v) is 31.9. The number of benzene rings is 4. The summed E-state index contributed by atoms with van der Waals surface area (Å²) in [5.74, 6) is -0.462. The fourth-order valence-electron chi connectivity index (χ4n) is 7.18. The van der Waals surface area contributed by atoms with Crippen molar-refractivity contribution in [3.8, 4) is 56.5 Å². The molecular weight excluding hydrogens is 761 g/mol. The van der Waals surface area contributed by atoms with Gasteiger partial charge in [-0.3, -0.25) is 9.69 Å². The molecule has 9 rings (SSSR count). The van der Waals surface area contributed by atoms with Gasteiger partial charge in [0, 0.05) is 61.5 Å². The first kappa shape index (κ1) is 39.0. The Balaban J connectivity index is 0.000000169. The number of hydrogen-bond acceptors (Lipinski definition) is 7. The number of aldehydes is 1. The van der Waals surface area contributed by atoms with Gasteiger partial charge in [-0.25, -0.2) is 26.9 Å². The number of carbonyl (C=O) groups excluding carboxylic acids is 1. The first-order valence-electron chi connectivity index (χ1n) is 19.0. The predicted octanol–water partition coefficient (Wildman–Crippen LogP) is 10.1. The van der Waals surface area contributed by atoms with Crippen LogP contribution >= 0.6 is 0 Å². The molecule has 0 spiro atoms. The second-order valence-corrected chi connectivity index (χ2v) is 13.9. The Morgan fingerprint density at radius 2 is 1.10 bits per heavy atom. The molecule has 0 N–H and O–H groups in total. The number of halogens is 4. The number of nitrogens with zero attached hydrogens (tertiary/aromatic N) is 6. The Labute approximate surface area is 337 Å². The monoisotopic (exact) mass is 798 g/mol. The molecule has 9 nitrogen and oxygen atoms in total. The van der Waals surface area contributed by atoms with Crippen LogP contribution in [-0.2, 0) is 6.54 Å². The van der Waals surface area contributed by atoms with Gasteiger partial charge in [-0.2, -0.15) is 10.2 Å². The van der Waals surface area contributed by atoms with Gasteiger partial charge in [-0.1, -0.05) is 31.2 Å². The van der Waals surface area contributed by atoms with Crippen LogP contribution in [0, 0.1) is 23.3 Å². The van der Waals surface area contributed by atoms with Gasteiger partial charge < -0.3 is 13.7 Å². The molecule has 0 atom stereocenters. The first-order valence-corrected chi connectivity index (χ1v) is 19.0. The van der Waals surface area contributed by atoms with Gasteiger partial charge in [0.1, 0.15) is 34.7 Å². The average molecular weight is 799 g/mol. The number of likely N-dealkylation sites (N-methyl/N-ethyl adjacent to an activating group) is 1. The quantitative estimate of drug-likeness (QED) is 0.101. The summed E-state index contributed by atoms with van der Waals surface area (Å²) in [5.41, 5.74) is 5.64. The lowest BCUT2D eigenvalue weighted by Gasteiger charge is -2.33. The lowest BCUT2D eigenvalue weighted by atomic mass is 10.0. The van der Waals surface area contributed by atoms with Crippen LogP contribution in [0.4, 0.5) is 17.6 Å². The summed E-state index contributed by atoms with van der Waals surface area (Å²) in [7, 11) is 0. The van der Waals surface area contributed by atoms with E-state index in [0.29, 0.717) is 62.7 Å². The Morgan fingerprint density at radius 1 is 0.610 bits per heavy atom. The lowest BCUT2D eigenvalue weighted by molar-refractivity contribution is 0.112. The van der Waals surface area contributed by atoms with E-state index < -0.39 is 11.6 Å². The Morgan fingerprint density at radius 3 is 1.58 bits per heavy atom. The van der Waals surface area contributed by atoms with Crippen molar-refractivity contribution in [2.75, 3.05) is 32.7 Å². The van der Waals surface area contributed by atoms with Crippen LogP contribution in [0.25, 0.3) is 56.5 Å². The molecular formula is C46H38F4N6O3. The number of furan rings is 2. The number of aromatic nitrogens is 4. The van der Waals surface area contributed by atoms with Crippen molar-refractivity contribution in [1.29, 1.82) is 0 Å². The molecule has 0 aliphatic carbocycles. The zero-order chi connectivity index (χ0) is 40.9. The van der Waals surface area contributed by atoms with Gasteiger partial charge in [0.05, 0.1) is 41.9 Å². The van der Waals surface area contributed by atoms with Crippen molar-refractivity contribution in [3.63, 3.8) is 0 Å². The molecule has 4 aromatic carbocycles. The topological polar surface area (TPSA) is 85.5 Å². The fourth-order valence-corrected chi connectivity index (χ4v) is 7.18. The normalized spacial score (nSPS) is 13.3. The maximum absolute atomic E-state index is 15.1. The van der Waals surface area contributed by atoms with Crippen molar-refractivity contribution >= 4 is 6.29 Å². The van der Waals surface area contributed by atoms with Crippen molar-refractivity contribution in [3.05, 3.63) is 169 Å². The van der Waals surface area contributed by atoms with E-state index >= 15 is 4.39 Å². The molecule has 0 radical (unpaired) electrons. The summed E-state index contributed by atoms with van der Waals surface area (Å²) in [6.07, 6.45) is 7.03. The zero-order valence-electron chi connectivity index (χ0n) is 31.9. The third-order valence-corrected chi connectivity index (χ3v) is 10.3. The van der Waals surface area contributed by atoms with Gasteiger partial charge in [0.2, 0.25) is 0 Å². The molecule has 1 aliphatic heterocycles. The highest BCUT2D eigenvalue weighted by Gasteiger charge is 2.23. The maximum Gasteiger partial charge on any atom is 0.153 e. The fraction of sp³-hybridized carbons (Fsp3) is 0.152. The van der Waals surface area contributed by atoms with Crippen LogP contribution in [0.3, 0.4) is 0 Å². The van der Waals surface area contributed by atoms with E-state index in [1.807, 2.05) is 24.4 Å². The van der Waals surface area contributed by atoms with Crippen LogP contribution in [0.15, 0.2) is 143 Å². The average Bonchev–Trinajstić information content (AvgIpc) is 4.10. The van der Waals surface area contributed by atoms with Crippen LogP contribution in [-0.4, -0.2) is 68.4 Å². The molecule has 0 saturated carbocycles. The van der Waals surface area contributed by atoms with Gasteiger partial charge in [0.15, 0.2) is 17.8 Å². The second kappa shape index (κ2) is 17.3. The molecule has 0 unspecified atom stereocenters. The van der Waals surface area contributed by atoms with Crippen LogP contribution in [0.2, 0.25) is 0 Å². The molecule has 1 saturated heterocycles. The highest BCUT2D eigenvalue weighted by molar-refractivity contribution is 5.85. The molecule has 5 heterocycles. The molecule has 1 aliphatic rings. The van der Waals surface area contributed by atoms with Crippen LogP contribution < -0.4 is 0 Å². The van der Waals surface area contributed by atoms with E-state index in [2.05, 4.69) is 26.9 Å². The van der Waals surface area contributed by atoms with E-state index in [9.17, 15) is 18.0 Å². The van der Waals surface area contributed by atoms with E-state index in [0.717, 1.165) is 50.5 Å². The Kier molecular flexibility index (Phi) is 11.5. The summed E-state index contributed by atoms with van der Waals surface area (Å²) >= 11 is 0. The van der Waals surface area contributed by atoms with Crippen molar-refractivity contribution < 1.29 is 31.2 Å². The Hall–Kier alpha value is -6.83. The van der Waals surface area contributed by atoms with E-state index in [1.54, 1.807) is 53.4 Å². The Bertz CT molecular complexity index is 2650. The summed E-state index contributed by atoms with van der Waals surface area (Å²) in [6.45, 7) is 8.12. The van der Waals surface area contributed by atoms with Gasteiger partial charge in [-0.15, -0.1) is 0 Å². The SMILES string of the molecule is CCN1CCN(Cc2cnn(-c3ccc(-c4ccc(F)cc4)c(F)c3)c2-c2ccco2)CC1.O=Cc1cnn(-c2ccc(-c3ccc(F)cc3)c(F)c2)c1-c1ccco1. The third kappa shape index (κ3) is 8.43. The minimum absolute atomic E-state index is 0.336. The molecule has 0 bridgehead atoms. The molecule has 298 valence electrons. The highest BCUT2D eigenvalue weighted by atomic mass is 19.1. The number of carbonyl (C=O) groups is 1. The van der Waals surface area contributed by atoms with E-state index in [4.69, 9.17) is 8.83 Å². The summed E-state index contributed by atoms with van der Waals surface area (Å²) in [6, 6.07) is 28.1. The van der Waals surface area contributed by atoms with Gasteiger partial charge >= 0.3 is 0 Å². The van der Waals surface area contributed by atoms with E-state index in [-0.39, 0.29) is 11.6 Å². The predicted molar refractivity (Wildman–Crippen MR) is 216 cm³/mol. The van der Waals surface area contributed by atoms with Crippen molar-refractivity contribution in [1.82, 2.24) is 29.4 Å². The molecule has 8 aromatic rings. The summed E-state index contributed by atoms with van der Waals surface area (Å²) in [4.78, 5) is 16.2. The molecule has 1 fully saturated rings. The molecule has 0 amide bonds. The second-order valence-electron chi connectivity index (χ2n) is 13.9.